The number of hydrogen-bond acceptors (Lipinski definition) is 19. The molecule has 5 amide bonds. The molecular weight excluding hydrogens is 1350 g/mol. The molecule has 102 heavy (non-hydrogen) atoms. The third-order valence-electron chi connectivity index (χ3n) is 16.5. The van der Waals surface area contributed by atoms with Crippen LogP contribution >= 0.6 is 12.4 Å². The lowest BCUT2D eigenvalue weighted by Crippen LogP contribution is -2.52. The van der Waals surface area contributed by atoms with Gasteiger partial charge in [0.15, 0.2) is 29.1 Å². The summed E-state index contributed by atoms with van der Waals surface area (Å²) < 4.78 is 47.1. The lowest BCUT2D eigenvalue weighted by molar-refractivity contribution is -0.663. The second kappa shape index (κ2) is 31.1. The van der Waals surface area contributed by atoms with E-state index in [0.717, 1.165) is 61.3 Å². The van der Waals surface area contributed by atoms with Crippen LogP contribution in [-0.4, -0.2) is 231 Å². The first-order valence-electron chi connectivity index (χ1n) is 31.1. The molecule has 7 N–H and O–H groups in total. The van der Waals surface area contributed by atoms with Gasteiger partial charge < -0.3 is 49.9 Å². The van der Waals surface area contributed by atoms with Gasteiger partial charge in [-0.15, -0.1) is 32.3 Å². The summed E-state index contributed by atoms with van der Waals surface area (Å²) in [4.78, 5) is 140. The molecule has 3 fully saturated rings. The molecule has 520 valence electrons. The van der Waals surface area contributed by atoms with Crippen LogP contribution in [0.15, 0.2) is 165 Å². The number of nitrogen functional groups attached to an aromatic ring is 1. The molecule has 12 aromatic rings. The Labute approximate surface area is 579 Å². The first kappa shape index (κ1) is 70.1. The molecule has 32 nitrogen and oxygen atoms in total. The summed E-state index contributed by atoms with van der Waals surface area (Å²) in [5, 5.41) is 30.6. The molecule has 0 aliphatic carbocycles. The van der Waals surface area contributed by atoms with E-state index in [1.165, 1.54) is 73.4 Å². The van der Waals surface area contributed by atoms with Gasteiger partial charge in [0.2, 0.25) is 0 Å². The number of aromatic nitrogens is 15. The minimum Gasteiger partial charge on any atom is -0.475 e. The normalized spacial score (nSPS) is 13.6. The summed E-state index contributed by atoms with van der Waals surface area (Å²) in [5.41, 5.74) is 2.07. The number of nitrogens with one attached hydrogen (secondary N) is 4. The second-order valence-electron chi connectivity index (χ2n) is 22.6. The number of amides is 5. The number of piperazine rings is 3. The zero-order valence-corrected chi connectivity index (χ0v) is 54.2. The van der Waals surface area contributed by atoms with Crippen LogP contribution in [-0.2, 0) is 14.4 Å². The van der Waals surface area contributed by atoms with Crippen LogP contribution in [0.4, 0.5) is 13.2 Å². The number of carboxylic acid groups (broad SMARTS) is 1. The van der Waals surface area contributed by atoms with Gasteiger partial charge in [-0.1, -0.05) is 69.8 Å². The van der Waals surface area contributed by atoms with Crippen molar-refractivity contribution in [2.24, 2.45) is 0 Å². The lowest BCUT2D eigenvalue weighted by Gasteiger charge is -2.34. The number of ketones is 3. The number of Topliss-reactive ketones (excluding diaryl/α,β-unsaturated/α-hetero) is 3. The Morgan fingerprint density at radius 2 is 0.824 bits per heavy atom. The molecule has 3 saturated heterocycles. The van der Waals surface area contributed by atoms with Crippen LogP contribution in [0.3, 0.4) is 0 Å². The minimum absolute atomic E-state index is 0. The Morgan fingerprint density at radius 1 is 0.461 bits per heavy atom. The fourth-order valence-electron chi connectivity index (χ4n) is 11.4. The number of halogens is 4. The molecule has 0 saturated carbocycles. The fourth-order valence-corrected chi connectivity index (χ4v) is 11.4. The summed E-state index contributed by atoms with van der Waals surface area (Å²) in [6, 6.07) is 27.2. The lowest BCUT2D eigenvalue weighted by atomic mass is 10.1. The van der Waals surface area contributed by atoms with Crippen LogP contribution in [0.1, 0.15) is 62.1 Å². The van der Waals surface area contributed by atoms with Crippen LogP contribution < -0.4 is 15.8 Å². The minimum atomic E-state index is -1.66. The number of rotatable bonds is 12. The molecule has 0 spiro atoms. The van der Waals surface area contributed by atoms with Crippen LogP contribution in [0.2, 0.25) is 0 Å². The number of carbonyl (C=O) groups excluding carboxylic acids is 8. The Bertz CT molecular complexity index is 5070. The summed E-state index contributed by atoms with van der Waals surface area (Å²) >= 11 is 0. The summed E-state index contributed by atoms with van der Waals surface area (Å²) in [7, 11) is 0. The van der Waals surface area contributed by atoms with E-state index in [-0.39, 0.29) is 123 Å². The van der Waals surface area contributed by atoms with Gasteiger partial charge in [0.05, 0.1) is 86.3 Å². The SMILES string of the molecule is Cl.Nn1cc[n+](-c2ncc(F)c3c(C(=O)C(=O)N4CCN(C(=O)c5ccccc5)CC4)c[nH]c23)n1.O=C(C(=O)N1CCN(C(=O)c2ccccc2)CC1)c1c[nH]c2c(-n3ccnn3)ncc(F)c12.O=C(O)C(=O)c1c[nH]c2c(-n3ccnn3)ncc(F)c12.O=C(c1ccccc1)N1CCNCC1. The number of hydrogen-bond donors (Lipinski definition) is 6. The van der Waals surface area contributed by atoms with Gasteiger partial charge in [0.25, 0.3) is 46.9 Å². The topological polar surface area (TPSA) is 397 Å². The zero-order valence-electron chi connectivity index (χ0n) is 53.4. The molecule has 0 atom stereocenters. The highest BCUT2D eigenvalue weighted by Crippen LogP contribution is 2.29. The molecule has 3 aliphatic rings. The van der Waals surface area contributed by atoms with E-state index in [0.29, 0.717) is 37.3 Å². The van der Waals surface area contributed by atoms with Crippen molar-refractivity contribution in [3.8, 4) is 17.5 Å². The van der Waals surface area contributed by atoms with Crippen LogP contribution in [0.5, 0.6) is 0 Å². The highest BCUT2D eigenvalue weighted by atomic mass is 35.5. The van der Waals surface area contributed by atoms with E-state index in [2.05, 4.69) is 61.1 Å². The molecule has 0 radical (unpaired) electrons. The van der Waals surface area contributed by atoms with Gasteiger partial charge >= 0.3 is 11.8 Å². The third-order valence-corrected chi connectivity index (χ3v) is 16.5. The third kappa shape index (κ3) is 14.8. The number of aliphatic carboxylic acids is 1. The smallest absolute Gasteiger partial charge is 0.377 e. The van der Waals surface area contributed by atoms with Gasteiger partial charge in [0, 0.05) is 114 Å². The Hall–Kier alpha value is -13.2. The molecule has 36 heteroatoms. The number of nitrogens with zero attached hydrogens (tertiary/aromatic N) is 17. The van der Waals surface area contributed by atoms with E-state index >= 15 is 0 Å². The number of fused-ring (bicyclic) bond motifs is 3. The number of carbonyl (C=O) groups is 9. The van der Waals surface area contributed by atoms with E-state index in [9.17, 15) is 56.3 Å². The van der Waals surface area contributed by atoms with Crippen molar-refractivity contribution in [2.45, 2.75) is 0 Å². The zero-order chi connectivity index (χ0) is 70.8. The average molecular weight is 1410 g/mol. The maximum absolute atomic E-state index is 14.7. The second-order valence-corrected chi connectivity index (χ2v) is 22.6. The van der Waals surface area contributed by atoms with Crippen LogP contribution in [0, 0.1) is 17.5 Å². The monoisotopic (exact) mass is 1410 g/mol. The maximum Gasteiger partial charge on any atom is 0.377 e. The van der Waals surface area contributed by atoms with E-state index in [1.54, 1.807) is 58.3 Å². The summed E-state index contributed by atoms with van der Waals surface area (Å²) in [6.45, 7) is 5.43. The van der Waals surface area contributed by atoms with Crippen molar-refractivity contribution in [2.75, 3.05) is 84.4 Å². The Kier molecular flexibility index (Phi) is 21.4. The highest BCUT2D eigenvalue weighted by molar-refractivity contribution is 6.46. The van der Waals surface area contributed by atoms with Crippen LogP contribution in [0.25, 0.3) is 50.2 Å². The molecule has 0 unspecified atom stereocenters. The number of carboxylic acids is 1. The molecule has 9 aromatic heterocycles. The predicted molar refractivity (Wildman–Crippen MR) is 356 cm³/mol. The molecule has 0 bridgehead atoms. The number of benzene rings is 3. The first-order valence-corrected chi connectivity index (χ1v) is 31.1. The van der Waals surface area contributed by atoms with Gasteiger partial charge in [0.1, 0.15) is 24.1 Å². The molecule has 3 aliphatic heterocycles. The summed E-state index contributed by atoms with van der Waals surface area (Å²) in [5.74, 6) is -2.18. The summed E-state index contributed by atoms with van der Waals surface area (Å²) in [6.07, 6.45) is 15.4. The van der Waals surface area contributed by atoms with Crippen molar-refractivity contribution in [1.29, 1.82) is 0 Å². The van der Waals surface area contributed by atoms with Crippen molar-refractivity contribution in [1.82, 2.24) is 99.7 Å². The van der Waals surface area contributed by atoms with Crippen molar-refractivity contribution >= 4 is 98.0 Å². The van der Waals surface area contributed by atoms with E-state index in [1.807, 2.05) is 47.4 Å². The quantitative estimate of drug-likeness (QED) is 0.0442. The number of H-pyrrole nitrogens is 3. The van der Waals surface area contributed by atoms with Crippen molar-refractivity contribution in [3.05, 3.63) is 216 Å². The van der Waals surface area contributed by atoms with E-state index in [4.69, 9.17) is 10.9 Å². The van der Waals surface area contributed by atoms with Gasteiger partial charge in [-0.05, 0) is 36.4 Å². The van der Waals surface area contributed by atoms with Crippen molar-refractivity contribution in [3.63, 3.8) is 0 Å². The average Bonchev–Trinajstić information content (AvgIpc) is 1.61. The molecule has 3 aromatic carbocycles. The Morgan fingerprint density at radius 3 is 1.20 bits per heavy atom. The number of nitrogens with two attached hydrogens (primary N) is 1. The number of aromatic amines is 3. The fraction of sp³-hybridized carbons (Fsp3) is 0.182. The molecular formula is C66H59ClF3N22O10+. The number of pyridine rings is 3. The van der Waals surface area contributed by atoms with Gasteiger partial charge in [-0.2, -0.15) is 0 Å². The first-order chi connectivity index (χ1) is 48.9. The highest BCUT2D eigenvalue weighted by Gasteiger charge is 2.35. The van der Waals surface area contributed by atoms with E-state index < -0.39 is 52.6 Å². The predicted octanol–water partition coefficient (Wildman–Crippen LogP) is 3.21. The molecule has 12 heterocycles. The van der Waals surface area contributed by atoms with Gasteiger partial charge in [-0.25, -0.2) is 37.3 Å². The Balaban J connectivity index is 0.000000143. The van der Waals surface area contributed by atoms with Crippen molar-refractivity contribution < 1.29 is 66.1 Å². The maximum atomic E-state index is 14.7. The largest absolute Gasteiger partial charge is 0.475 e. The standard InChI is InChI=1S/C22H19FN8O3.C22H18FN7O3.C11H6FN5O3.C11H14N2O.ClH/c23-16-13-26-20(30-10-11-31(24)27-30)18-17(16)15(12-25-18)19(32)22(34)29-8-6-28(7-9-29)21(33)14-4-2-1-3-5-14;23-16-13-25-20(30-7-6-26-27-30)18-17(16)15(12-24-18)19(31)22(33)29-10-8-28(9-11-29)21(32)14-4-2-1-3-5-14;12-6-4-14-10(17-2-1-15-16-17)8-7(6)5(3-13-8)9(18)11(19)20;14-11(10-4-2-1-3-5-10)13-8-6-12-7-9-13;/h1-5,10-13H,6-9H2,(H2-,24,25,26,27,32);1-7,12-13,24H,8-11H2;1-4,13H,(H,19,20);1-5,12H,6-9H2;1H/p+1. The molecule has 15 rings (SSSR count). The van der Waals surface area contributed by atoms with Gasteiger partial charge in [-0.3, -0.25) is 44.2 Å².